The second-order valence-corrected chi connectivity index (χ2v) is 11.5. The van der Waals surface area contributed by atoms with Gasteiger partial charge in [-0.15, -0.1) is 0 Å². The normalized spacial score (nSPS) is 17.7. The highest BCUT2D eigenvalue weighted by Gasteiger charge is 2.53. The highest BCUT2D eigenvalue weighted by Crippen LogP contribution is 2.43. The number of nitrogens with zero attached hydrogens (tertiary/aromatic N) is 1. The number of rotatable bonds is 13. The van der Waals surface area contributed by atoms with Gasteiger partial charge in [0.15, 0.2) is 11.6 Å². The van der Waals surface area contributed by atoms with Gasteiger partial charge in [0.1, 0.15) is 5.75 Å². The van der Waals surface area contributed by atoms with Gasteiger partial charge in [-0.1, -0.05) is 88.2 Å². The summed E-state index contributed by atoms with van der Waals surface area (Å²) in [5.74, 6) is 0.754. The molecule has 43 heavy (non-hydrogen) atoms. The van der Waals surface area contributed by atoms with Gasteiger partial charge in [0.05, 0.1) is 6.61 Å². The van der Waals surface area contributed by atoms with Crippen LogP contribution in [-0.2, 0) is 22.4 Å². The molecule has 0 bridgehead atoms. The molecule has 9 heteroatoms. The first-order valence-electron chi connectivity index (χ1n) is 14.2. The summed E-state index contributed by atoms with van der Waals surface area (Å²) in [6.45, 7) is 1.01. The molecule has 0 saturated carbocycles. The third-order valence-corrected chi connectivity index (χ3v) is 8.23. The van der Waals surface area contributed by atoms with Crippen molar-refractivity contribution in [3.63, 3.8) is 0 Å². The van der Waals surface area contributed by atoms with Crippen molar-refractivity contribution in [3.05, 3.63) is 135 Å². The zero-order valence-corrected chi connectivity index (χ0v) is 25.9. The third kappa shape index (κ3) is 7.64. The molecule has 1 heterocycles. The predicted octanol–water partition coefficient (Wildman–Crippen LogP) is 6.23. The Bertz CT molecular complexity index is 1530. The van der Waals surface area contributed by atoms with E-state index >= 15 is 0 Å². The topological polar surface area (TPSA) is 92.2 Å². The van der Waals surface area contributed by atoms with Crippen molar-refractivity contribution in [1.82, 2.24) is 10.9 Å². The van der Waals surface area contributed by atoms with Gasteiger partial charge in [0.25, 0.3) is 5.91 Å². The number of aliphatic hydroxyl groups excluding tert-OH is 1. The van der Waals surface area contributed by atoms with Gasteiger partial charge in [-0.25, -0.2) is 10.4 Å². The van der Waals surface area contributed by atoms with Crippen LogP contribution in [0.25, 0.3) is 0 Å². The Hall–Kier alpha value is -3.69. The quantitative estimate of drug-likeness (QED) is 0.117. The van der Waals surface area contributed by atoms with Crippen LogP contribution in [0.5, 0.6) is 5.75 Å². The van der Waals surface area contributed by atoms with Crippen LogP contribution in [0.3, 0.4) is 0 Å². The van der Waals surface area contributed by atoms with Crippen molar-refractivity contribution in [2.45, 2.75) is 30.9 Å². The molecule has 0 spiro atoms. The maximum absolute atomic E-state index is 14.3. The fraction of sp³-hybridized carbons (Fsp3) is 0.235. The Morgan fingerprint density at radius 1 is 0.977 bits per heavy atom. The minimum absolute atomic E-state index is 0.0707. The number of halogens is 2. The molecular weight excluding hydrogens is 630 g/mol. The van der Waals surface area contributed by atoms with Crippen LogP contribution in [0.15, 0.2) is 113 Å². The molecule has 4 aromatic rings. The Labute approximate surface area is 265 Å². The summed E-state index contributed by atoms with van der Waals surface area (Å²) < 4.78 is 13.1. The maximum atomic E-state index is 14.3. The van der Waals surface area contributed by atoms with Gasteiger partial charge >= 0.3 is 0 Å². The van der Waals surface area contributed by atoms with Crippen LogP contribution in [0.4, 0.5) is 0 Å². The number of aliphatic hydroxyl groups is 1. The molecule has 0 aliphatic carbocycles. The largest absolute Gasteiger partial charge is 0.494 e. The molecule has 0 fully saturated rings. The summed E-state index contributed by atoms with van der Waals surface area (Å²) in [6.07, 6.45) is 0.866. The number of carbonyl (C=O) groups is 1. The van der Waals surface area contributed by atoms with Gasteiger partial charge in [-0.3, -0.25) is 10.2 Å². The van der Waals surface area contributed by atoms with Crippen LogP contribution in [0.1, 0.15) is 34.8 Å². The molecule has 1 aliphatic heterocycles. The molecule has 7 nitrogen and oxygen atoms in total. The lowest BCUT2D eigenvalue weighted by atomic mass is 9.82. The molecule has 5 rings (SSSR count). The summed E-state index contributed by atoms with van der Waals surface area (Å²) >= 11 is 9.69. The fourth-order valence-electron chi connectivity index (χ4n) is 4.95. The lowest BCUT2D eigenvalue weighted by Crippen LogP contribution is -2.54. The van der Waals surface area contributed by atoms with Crippen molar-refractivity contribution in [3.8, 4) is 5.75 Å². The van der Waals surface area contributed by atoms with Crippen LogP contribution >= 0.6 is 27.5 Å². The molecule has 1 amide bonds. The van der Waals surface area contributed by atoms with E-state index in [9.17, 15) is 4.79 Å². The average molecular weight is 663 g/mol. The van der Waals surface area contributed by atoms with Gasteiger partial charge < -0.3 is 14.6 Å². The Balaban J connectivity index is 1.46. The molecular formula is C34H33BrClN3O4. The Morgan fingerprint density at radius 3 is 2.42 bits per heavy atom. The average Bonchev–Trinajstić information content (AvgIpc) is 3.42. The smallest absolute Gasteiger partial charge is 0.266 e. The van der Waals surface area contributed by atoms with Gasteiger partial charge in [-0.2, -0.15) is 0 Å². The number of ether oxygens (including phenoxy) is 2. The zero-order chi connectivity index (χ0) is 30.1. The van der Waals surface area contributed by atoms with Crippen LogP contribution in [-0.4, -0.2) is 42.2 Å². The Morgan fingerprint density at radius 2 is 1.70 bits per heavy atom. The maximum Gasteiger partial charge on any atom is 0.266 e. The van der Waals surface area contributed by atoms with E-state index in [2.05, 4.69) is 26.8 Å². The van der Waals surface area contributed by atoms with Crippen molar-refractivity contribution in [1.29, 1.82) is 0 Å². The molecule has 0 radical (unpaired) electrons. The molecule has 2 atom stereocenters. The van der Waals surface area contributed by atoms with Crippen molar-refractivity contribution < 1.29 is 19.4 Å². The van der Waals surface area contributed by atoms with Crippen LogP contribution in [0.2, 0.25) is 5.02 Å². The van der Waals surface area contributed by atoms with E-state index < -0.39 is 11.6 Å². The highest BCUT2D eigenvalue weighted by molar-refractivity contribution is 9.10. The molecule has 3 N–H and O–H groups in total. The number of benzene rings is 4. The summed E-state index contributed by atoms with van der Waals surface area (Å²) in [7, 11) is 0. The molecule has 0 aromatic heterocycles. The first-order valence-corrected chi connectivity index (χ1v) is 15.3. The van der Waals surface area contributed by atoms with Gasteiger partial charge in [0, 0.05) is 41.1 Å². The third-order valence-electron chi connectivity index (χ3n) is 7.20. The second-order valence-electron chi connectivity index (χ2n) is 10.2. The standard InChI is InChI=1S/C34H33BrClN3O4/c35-30-10-5-4-9-27(30)23-34(33(41)39-37-20-19-24-11-15-28(36)16-12-24)31(25-7-2-1-3-8-25)43-32(38-34)26-13-17-29(18-14-26)42-22-6-21-40/h1-5,7-18,31,37,40H,6,19-23H2,(H,39,41)/t31-,34-/m0/s1. The first-order chi connectivity index (χ1) is 21.0. The minimum atomic E-state index is -1.32. The second kappa shape index (κ2) is 14.7. The van der Waals surface area contributed by atoms with E-state index in [1.54, 1.807) is 0 Å². The number of hydrogen-bond donors (Lipinski definition) is 3. The van der Waals surface area contributed by atoms with E-state index in [0.717, 1.165) is 26.7 Å². The van der Waals surface area contributed by atoms with Gasteiger partial charge in [-0.05, 0) is 65.6 Å². The molecule has 4 aromatic carbocycles. The predicted molar refractivity (Wildman–Crippen MR) is 172 cm³/mol. The van der Waals surface area contributed by atoms with Crippen molar-refractivity contribution in [2.24, 2.45) is 4.99 Å². The molecule has 0 saturated heterocycles. The number of hydrazine groups is 1. The molecule has 222 valence electrons. The van der Waals surface area contributed by atoms with Crippen LogP contribution < -0.4 is 15.6 Å². The summed E-state index contributed by atoms with van der Waals surface area (Å²) in [5, 5.41) is 9.73. The zero-order valence-electron chi connectivity index (χ0n) is 23.5. The summed E-state index contributed by atoms with van der Waals surface area (Å²) in [4.78, 5) is 19.3. The van der Waals surface area contributed by atoms with E-state index in [4.69, 9.17) is 31.2 Å². The van der Waals surface area contributed by atoms with E-state index in [-0.39, 0.29) is 12.5 Å². The number of carbonyl (C=O) groups excluding carboxylic acids is 1. The van der Waals surface area contributed by atoms with Crippen molar-refractivity contribution in [2.75, 3.05) is 19.8 Å². The monoisotopic (exact) mass is 661 g/mol. The lowest BCUT2D eigenvalue weighted by Gasteiger charge is -2.31. The first kappa shape index (κ1) is 30.8. The highest BCUT2D eigenvalue weighted by atomic mass is 79.9. The van der Waals surface area contributed by atoms with Crippen molar-refractivity contribution >= 4 is 39.3 Å². The number of nitrogens with one attached hydrogen (secondary N) is 2. The van der Waals surface area contributed by atoms with E-state index in [1.807, 2.05) is 103 Å². The summed E-state index contributed by atoms with van der Waals surface area (Å²) in [6, 6.07) is 32.6. The van der Waals surface area contributed by atoms with E-state index in [0.29, 0.717) is 49.1 Å². The minimum Gasteiger partial charge on any atom is -0.494 e. The van der Waals surface area contributed by atoms with Gasteiger partial charge in [0.2, 0.25) is 5.90 Å². The van der Waals surface area contributed by atoms with E-state index in [1.165, 1.54) is 0 Å². The lowest BCUT2D eigenvalue weighted by molar-refractivity contribution is -0.130. The number of aliphatic imine (C=N–C) groups is 1. The fourth-order valence-corrected chi connectivity index (χ4v) is 5.50. The Kier molecular flexibility index (Phi) is 10.5. The number of amides is 1. The van der Waals surface area contributed by atoms with Crippen LogP contribution in [0, 0.1) is 0 Å². The number of hydrogen-bond acceptors (Lipinski definition) is 6. The molecule has 1 aliphatic rings. The SMILES string of the molecule is O=C(NNCCc1ccc(Cl)cc1)[C@@]1(Cc2ccccc2Br)N=C(c2ccc(OCCCO)cc2)O[C@H]1c1ccccc1. The molecule has 0 unspecified atom stereocenters. The summed E-state index contributed by atoms with van der Waals surface area (Å²) in [5.41, 5.74) is 8.33.